The molecule has 0 aliphatic heterocycles. The smallest absolute Gasteiger partial charge is 0.201 e. The highest BCUT2D eigenvalue weighted by atomic mass is 28.3. The molecule has 1 aromatic heterocycles. The Hall–Kier alpha value is -1.41. The maximum absolute atomic E-state index is 2.47. The van der Waals surface area contributed by atoms with Gasteiger partial charge in [-0.3, -0.25) is 0 Å². The molecule has 0 aliphatic carbocycles. The number of nitrogens with zero attached hydrogens (tertiary/aromatic N) is 1. The zero-order valence-electron chi connectivity index (χ0n) is 18.6. The van der Waals surface area contributed by atoms with Crippen LogP contribution in [-0.2, 0) is 13.5 Å². The Kier molecular flexibility index (Phi) is 5.87. The summed E-state index contributed by atoms with van der Waals surface area (Å²) in [5, 5.41) is 1.59. The zero-order chi connectivity index (χ0) is 19.9. The van der Waals surface area contributed by atoms with Gasteiger partial charge in [0, 0.05) is 16.8 Å². The average molecular weight is 369 g/mol. The first-order valence-electron chi connectivity index (χ1n) is 9.93. The molecule has 0 fully saturated rings. The van der Waals surface area contributed by atoms with Gasteiger partial charge < -0.3 is 0 Å². The Labute approximate surface area is 162 Å². The summed E-state index contributed by atoms with van der Waals surface area (Å²) < 4.78 is 2.34. The summed E-state index contributed by atoms with van der Waals surface area (Å²) in [6.07, 6.45) is 3.54. The fourth-order valence-corrected chi connectivity index (χ4v) is 5.39. The standard InChI is InChI=1S/C24H38NSi/c1-17(2)19-11-12-21(18(3)13-19)22-14-20(15-24(4,5)6)23(16-25(22)7)26(8,9)10/h11-14,16-17H,15H2,1-10H3/q+1. The van der Waals surface area contributed by atoms with Crippen LogP contribution in [0.3, 0.4) is 0 Å². The molecule has 0 unspecified atom stereocenters. The molecule has 142 valence electrons. The lowest BCUT2D eigenvalue weighted by atomic mass is 9.87. The second-order valence-corrected chi connectivity index (χ2v) is 15.5. The van der Waals surface area contributed by atoms with Crippen LogP contribution in [0.5, 0.6) is 0 Å². The topological polar surface area (TPSA) is 3.88 Å². The predicted molar refractivity (Wildman–Crippen MR) is 118 cm³/mol. The van der Waals surface area contributed by atoms with Gasteiger partial charge in [0.25, 0.3) is 0 Å². The van der Waals surface area contributed by atoms with Crippen molar-refractivity contribution in [2.75, 3.05) is 0 Å². The van der Waals surface area contributed by atoms with Gasteiger partial charge in [-0.15, -0.1) is 0 Å². The highest BCUT2D eigenvalue weighted by molar-refractivity contribution is 6.88. The summed E-state index contributed by atoms with van der Waals surface area (Å²) in [7, 11) is 0.813. The number of aromatic nitrogens is 1. The van der Waals surface area contributed by atoms with Crippen LogP contribution >= 0.6 is 0 Å². The van der Waals surface area contributed by atoms with E-state index in [-0.39, 0.29) is 0 Å². The molecule has 0 saturated heterocycles. The van der Waals surface area contributed by atoms with Crippen LogP contribution in [0.15, 0.2) is 30.5 Å². The third kappa shape index (κ3) is 4.85. The van der Waals surface area contributed by atoms with Crippen LogP contribution in [0.2, 0.25) is 19.6 Å². The van der Waals surface area contributed by atoms with Crippen molar-refractivity contribution in [2.45, 2.75) is 73.5 Å². The summed E-state index contributed by atoms with van der Waals surface area (Å²) in [5.74, 6) is 0.571. The fraction of sp³-hybridized carbons (Fsp3) is 0.542. The Morgan fingerprint density at radius 1 is 1.04 bits per heavy atom. The van der Waals surface area contributed by atoms with E-state index in [1.54, 1.807) is 5.19 Å². The molecule has 1 nitrogen and oxygen atoms in total. The van der Waals surface area contributed by atoms with E-state index in [0.717, 1.165) is 6.42 Å². The van der Waals surface area contributed by atoms with E-state index in [1.165, 1.54) is 27.9 Å². The molecule has 1 aromatic carbocycles. The van der Waals surface area contributed by atoms with Crippen molar-refractivity contribution >= 4 is 13.3 Å². The van der Waals surface area contributed by atoms with Gasteiger partial charge in [0.1, 0.15) is 7.05 Å². The number of benzene rings is 1. The SMILES string of the molecule is Cc1cc(C(C)C)ccc1-c1cc(CC(C)(C)C)c([Si](C)(C)C)c[n+]1C. The van der Waals surface area contributed by atoms with Gasteiger partial charge in [0.15, 0.2) is 6.20 Å². The molecule has 0 aliphatic rings. The Bertz CT molecular complexity index is 789. The minimum atomic E-state index is -1.39. The van der Waals surface area contributed by atoms with Crippen LogP contribution in [0.1, 0.15) is 57.2 Å². The highest BCUT2D eigenvalue weighted by Gasteiger charge is 2.28. The zero-order valence-corrected chi connectivity index (χ0v) is 19.6. The molecule has 0 amide bonds. The van der Waals surface area contributed by atoms with Crippen LogP contribution in [0, 0.1) is 12.3 Å². The molecule has 0 spiro atoms. The van der Waals surface area contributed by atoms with E-state index < -0.39 is 8.07 Å². The van der Waals surface area contributed by atoms with Gasteiger partial charge in [0.2, 0.25) is 5.69 Å². The largest absolute Gasteiger partial charge is 0.212 e. The van der Waals surface area contributed by atoms with Crippen LogP contribution in [-0.4, -0.2) is 8.07 Å². The van der Waals surface area contributed by atoms with Gasteiger partial charge in [-0.05, 0) is 47.4 Å². The number of aryl methyl sites for hydroxylation is 2. The first kappa shape index (κ1) is 20.9. The molecular formula is C24H38NSi+. The second-order valence-electron chi connectivity index (χ2n) is 10.4. The lowest BCUT2D eigenvalue weighted by Gasteiger charge is -2.25. The Balaban J connectivity index is 2.65. The van der Waals surface area contributed by atoms with Crippen molar-refractivity contribution in [3.8, 4) is 11.3 Å². The van der Waals surface area contributed by atoms with Crippen molar-refractivity contribution in [2.24, 2.45) is 12.5 Å². The molecule has 1 heterocycles. The lowest BCUT2D eigenvalue weighted by Crippen LogP contribution is -2.47. The first-order chi connectivity index (χ1) is 11.8. The molecule has 0 bridgehead atoms. The van der Waals surface area contributed by atoms with E-state index >= 15 is 0 Å². The molecule has 0 N–H and O–H groups in total. The Morgan fingerprint density at radius 3 is 2.12 bits per heavy atom. The van der Waals surface area contributed by atoms with Crippen molar-refractivity contribution < 1.29 is 4.57 Å². The number of pyridine rings is 1. The minimum absolute atomic E-state index is 0.294. The second kappa shape index (κ2) is 7.30. The molecule has 2 rings (SSSR count). The quantitative estimate of drug-likeness (QED) is 0.478. The fourth-order valence-electron chi connectivity index (χ4n) is 3.68. The van der Waals surface area contributed by atoms with Crippen LogP contribution in [0.4, 0.5) is 0 Å². The number of rotatable bonds is 4. The molecular weight excluding hydrogens is 330 g/mol. The van der Waals surface area contributed by atoms with Crippen LogP contribution in [0.25, 0.3) is 11.3 Å². The van der Waals surface area contributed by atoms with E-state index in [0.29, 0.717) is 11.3 Å². The van der Waals surface area contributed by atoms with Crippen molar-refractivity contribution in [3.63, 3.8) is 0 Å². The highest BCUT2D eigenvalue weighted by Crippen LogP contribution is 2.27. The maximum Gasteiger partial charge on any atom is 0.212 e. The molecule has 2 heteroatoms. The van der Waals surface area contributed by atoms with Crippen molar-refractivity contribution in [1.29, 1.82) is 0 Å². The summed E-state index contributed by atoms with van der Waals surface area (Å²) in [5.41, 5.74) is 7.31. The van der Waals surface area contributed by atoms with Crippen LogP contribution < -0.4 is 9.75 Å². The van der Waals surface area contributed by atoms with Crippen molar-refractivity contribution in [3.05, 3.63) is 47.2 Å². The molecule has 2 aromatic rings. The summed E-state index contributed by atoms with van der Waals surface area (Å²) in [4.78, 5) is 0. The van der Waals surface area contributed by atoms with Gasteiger partial charge in [0.05, 0.1) is 8.07 Å². The summed E-state index contributed by atoms with van der Waals surface area (Å²) >= 11 is 0. The Morgan fingerprint density at radius 2 is 1.65 bits per heavy atom. The molecule has 0 radical (unpaired) electrons. The molecule has 0 saturated carbocycles. The van der Waals surface area contributed by atoms with Gasteiger partial charge in [-0.1, -0.05) is 66.4 Å². The minimum Gasteiger partial charge on any atom is -0.201 e. The average Bonchev–Trinajstić information content (AvgIpc) is 2.46. The number of hydrogen-bond acceptors (Lipinski definition) is 0. The van der Waals surface area contributed by atoms with Gasteiger partial charge >= 0.3 is 0 Å². The first-order valence-corrected chi connectivity index (χ1v) is 13.4. The lowest BCUT2D eigenvalue weighted by molar-refractivity contribution is -0.659. The van der Waals surface area contributed by atoms with E-state index in [9.17, 15) is 0 Å². The number of hydrogen-bond donors (Lipinski definition) is 0. The van der Waals surface area contributed by atoms with Gasteiger partial charge in [-0.2, -0.15) is 0 Å². The third-order valence-electron chi connectivity index (χ3n) is 5.08. The predicted octanol–water partition coefficient (Wildman–Crippen LogP) is 5.74. The normalized spacial score (nSPS) is 12.7. The van der Waals surface area contributed by atoms with E-state index in [2.05, 4.69) is 103 Å². The summed E-state index contributed by atoms with van der Waals surface area (Å²) in [6.45, 7) is 21.2. The van der Waals surface area contributed by atoms with Gasteiger partial charge in [-0.25, -0.2) is 4.57 Å². The van der Waals surface area contributed by atoms with E-state index in [4.69, 9.17) is 0 Å². The maximum atomic E-state index is 2.47. The monoisotopic (exact) mass is 368 g/mol. The van der Waals surface area contributed by atoms with E-state index in [1.807, 2.05) is 0 Å². The van der Waals surface area contributed by atoms with Crippen molar-refractivity contribution in [1.82, 2.24) is 0 Å². The third-order valence-corrected chi connectivity index (χ3v) is 7.15. The summed E-state index contributed by atoms with van der Waals surface area (Å²) in [6, 6.07) is 9.43. The molecule has 0 atom stereocenters. The molecule has 26 heavy (non-hydrogen) atoms.